The molecule has 0 saturated carbocycles. The predicted octanol–water partition coefficient (Wildman–Crippen LogP) is 2.30. The van der Waals surface area contributed by atoms with E-state index in [2.05, 4.69) is 22.6 Å². The molecule has 0 aromatic carbocycles. The Bertz CT molecular complexity index is 279. The fourth-order valence-corrected chi connectivity index (χ4v) is 3.53. The summed E-state index contributed by atoms with van der Waals surface area (Å²) < 4.78 is 0. The average Bonchev–Trinajstić information content (AvgIpc) is 2.86. The van der Waals surface area contributed by atoms with Crippen LogP contribution in [-0.4, -0.2) is 22.5 Å². The van der Waals surface area contributed by atoms with Crippen molar-refractivity contribution in [2.45, 2.75) is 32.4 Å². The lowest BCUT2D eigenvalue weighted by Gasteiger charge is -2.08. The number of nitrogens with zero attached hydrogens (tertiary/aromatic N) is 1. The lowest BCUT2D eigenvalue weighted by atomic mass is 10.3. The summed E-state index contributed by atoms with van der Waals surface area (Å²) in [6.45, 7) is 3.11. The highest BCUT2D eigenvalue weighted by molar-refractivity contribution is 7.99. The highest BCUT2D eigenvalue weighted by Crippen LogP contribution is 2.18. The number of hydrogen-bond acceptors (Lipinski definition) is 4. The minimum absolute atomic E-state index is 0.717. The van der Waals surface area contributed by atoms with Crippen LogP contribution in [0, 0.1) is 0 Å². The average molecular weight is 228 g/mol. The Morgan fingerprint density at radius 1 is 1.64 bits per heavy atom. The summed E-state index contributed by atoms with van der Waals surface area (Å²) in [5.41, 5.74) is 1.23. The molecule has 2 nitrogen and oxygen atoms in total. The van der Waals surface area contributed by atoms with Crippen molar-refractivity contribution in [3.8, 4) is 0 Å². The topological polar surface area (TPSA) is 24.9 Å². The molecule has 0 spiro atoms. The molecule has 2 rings (SSSR count). The zero-order chi connectivity index (χ0) is 9.80. The normalized spacial score (nSPS) is 21.6. The Hall–Kier alpha value is -0.0600. The van der Waals surface area contributed by atoms with Crippen LogP contribution in [0.25, 0.3) is 0 Å². The van der Waals surface area contributed by atoms with E-state index < -0.39 is 0 Å². The lowest BCUT2D eigenvalue weighted by Crippen LogP contribution is -2.27. The minimum Gasteiger partial charge on any atom is -0.307 e. The highest BCUT2D eigenvalue weighted by atomic mass is 32.2. The van der Waals surface area contributed by atoms with Crippen molar-refractivity contribution in [1.82, 2.24) is 10.3 Å². The molecule has 1 saturated heterocycles. The van der Waals surface area contributed by atoms with Gasteiger partial charge in [-0.2, -0.15) is 11.8 Å². The fraction of sp³-hybridized carbons (Fsp3) is 0.700. The van der Waals surface area contributed by atoms with Gasteiger partial charge in [-0.1, -0.05) is 6.92 Å². The van der Waals surface area contributed by atoms with Gasteiger partial charge in [-0.3, -0.25) is 0 Å². The zero-order valence-corrected chi connectivity index (χ0v) is 10.1. The molecule has 1 atom stereocenters. The third kappa shape index (κ3) is 2.72. The van der Waals surface area contributed by atoms with Crippen molar-refractivity contribution >= 4 is 23.1 Å². The first-order valence-electron chi connectivity index (χ1n) is 5.13. The first-order chi connectivity index (χ1) is 6.88. The maximum Gasteiger partial charge on any atom is 0.107 e. The molecular formula is C10H16N2S2. The second-order valence-electron chi connectivity index (χ2n) is 3.53. The monoisotopic (exact) mass is 228 g/mol. The summed E-state index contributed by atoms with van der Waals surface area (Å²) in [5.74, 6) is 2.59. The van der Waals surface area contributed by atoms with E-state index in [1.807, 2.05) is 11.8 Å². The molecule has 1 N–H and O–H groups in total. The van der Waals surface area contributed by atoms with E-state index in [1.165, 1.54) is 28.6 Å². The molecule has 0 unspecified atom stereocenters. The number of aryl methyl sites for hydroxylation is 1. The summed E-state index contributed by atoms with van der Waals surface area (Å²) in [7, 11) is 0. The van der Waals surface area contributed by atoms with Gasteiger partial charge in [0.2, 0.25) is 0 Å². The van der Waals surface area contributed by atoms with Gasteiger partial charge in [-0.15, -0.1) is 11.3 Å². The largest absolute Gasteiger partial charge is 0.307 e. The van der Waals surface area contributed by atoms with Crippen molar-refractivity contribution in [3.05, 3.63) is 16.1 Å². The van der Waals surface area contributed by atoms with Gasteiger partial charge in [0.1, 0.15) is 5.01 Å². The first-order valence-corrected chi connectivity index (χ1v) is 7.16. The molecule has 1 aliphatic heterocycles. The Balaban J connectivity index is 1.79. The third-order valence-corrected chi connectivity index (χ3v) is 4.49. The second kappa shape index (κ2) is 5.14. The van der Waals surface area contributed by atoms with Crippen LogP contribution in [0.15, 0.2) is 5.38 Å². The molecule has 0 amide bonds. The van der Waals surface area contributed by atoms with Crippen LogP contribution in [0.5, 0.6) is 0 Å². The maximum atomic E-state index is 4.54. The van der Waals surface area contributed by atoms with Crippen LogP contribution in [0.2, 0.25) is 0 Å². The molecule has 2 heterocycles. The molecule has 1 fully saturated rings. The quantitative estimate of drug-likeness (QED) is 0.856. The van der Waals surface area contributed by atoms with Gasteiger partial charge in [0.25, 0.3) is 0 Å². The van der Waals surface area contributed by atoms with Crippen LogP contribution >= 0.6 is 23.1 Å². The highest BCUT2D eigenvalue weighted by Gasteiger charge is 2.14. The molecule has 1 aromatic rings. The molecular weight excluding hydrogens is 212 g/mol. The Morgan fingerprint density at radius 3 is 3.21 bits per heavy atom. The number of rotatable bonds is 4. The lowest BCUT2D eigenvalue weighted by molar-refractivity contribution is 0.556. The molecule has 0 radical (unpaired) electrons. The van der Waals surface area contributed by atoms with E-state index in [-0.39, 0.29) is 0 Å². The minimum atomic E-state index is 0.717. The smallest absolute Gasteiger partial charge is 0.107 e. The van der Waals surface area contributed by atoms with Crippen molar-refractivity contribution in [2.75, 3.05) is 11.5 Å². The number of thioether (sulfide) groups is 1. The molecule has 4 heteroatoms. The summed E-state index contributed by atoms with van der Waals surface area (Å²) >= 11 is 3.82. The van der Waals surface area contributed by atoms with Gasteiger partial charge >= 0.3 is 0 Å². The Kier molecular flexibility index (Phi) is 3.84. The number of hydrogen-bond donors (Lipinski definition) is 1. The fourth-order valence-electron chi connectivity index (χ4n) is 1.52. The van der Waals surface area contributed by atoms with E-state index in [4.69, 9.17) is 0 Å². The zero-order valence-electron chi connectivity index (χ0n) is 8.45. The van der Waals surface area contributed by atoms with Crippen LogP contribution in [0.4, 0.5) is 0 Å². The SMILES string of the molecule is CCc1csc(CN[C@@H]2CCSC2)n1. The summed E-state index contributed by atoms with van der Waals surface area (Å²) in [5, 5.41) is 6.96. The van der Waals surface area contributed by atoms with Gasteiger partial charge < -0.3 is 5.32 Å². The molecule has 1 aliphatic rings. The van der Waals surface area contributed by atoms with E-state index in [1.54, 1.807) is 11.3 Å². The summed E-state index contributed by atoms with van der Waals surface area (Å²) in [6.07, 6.45) is 2.37. The predicted molar refractivity (Wildman–Crippen MR) is 64.1 cm³/mol. The number of aromatic nitrogens is 1. The van der Waals surface area contributed by atoms with Gasteiger partial charge in [-0.05, 0) is 18.6 Å². The van der Waals surface area contributed by atoms with Crippen LogP contribution in [-0.2, 0) is 13.0 Å². The van der Waals surface area contributed by atoms with E-state index in [0.29, 0.717) is 6.04 Å². The molecule has 1 aromatic heterocycles. The van der Waals surface area contributed by atoms with Gasteiger partial charge in [-0.25, -0.2) is 4.98 Å². The Morgan fingerprint density at radius 2 is 2.57 bits per heavy atom. The van der Waals surface area contributed by atoms with E-state index in [0.717, 1.165) is 13.0 Å². The van der Waals surface area contributed by atoms with Crippen LogP contribution < -0.4 is 5.32 Å². The molecule has 78 valence electrons. The number of nitrogens with one attached hydrogen (secondary N) is 1. The molecule has 0 aliphatic carbocycles. The van der Waals surface area contributed by atoms with Crippen LogP contribution in [0.3, 0.4) is 0 Å². The van der Waals surface area contributed by atoms with Crippen molar-refractivity contribution in [2.24, 2.45) is 0 Å². The summed E-state index contributed by atoms with van der Waals surface area (Å²) in [6, 6.07) is 0.717. The Labute approximate surface area is 93.5 Å². The number of thiazole rings is 1. The summed E-state index contributed by atoms with van der Waals surface area (Å²) in [4.78, 5) is 4.54. The van der Waals surface area contributed by atoms with Gasteiger partial charge in [0.15, 0.2) is 0 Å². The first kappa shape index (κ1) is 10.5. The molecule has 14 heavy (non-hydrogen) atoms. The third-order valence-electron chi connectivity index (χ3n) is 2.43. The van der Waals surface area contributed by atoms with Crippen LogP contribution in [0.1, 0.15) is 24.0 Å². The van der Waals surface area contributed by atoms with E-state index in [9.17, 15) is 0 Å². The van der Waals surface area contributed by atoms with Crippen molar-refractivity contribution in [1.29, 1.82) is 0 Å². The standard InChI is InChI=1S/C10H16N2S2/c1-2-8-7-14-10(12-8)5-11-9-3-4-13-6-9/h7,9,11H,2-6H2,1H3/t9-/m1/s1. The maximum absolute atomic E-state index is 4.54. The van der Waals surface area contributed by atoms with Crippen molar-refractivity contribution in [3.63, 3.8) is 0 Å². The van der Waals surface area contributed by atoms with E-state index >= 15 is 0 Å². The second-order valence-corrected chi connectivity index (χ2v) is 5.62. The van der Waals surface area contributed by atoms with Crippen molar-refractivity contribution < 1.29 is 0 Å². The van der Waals surface area contributed by atoms with Gasteiger partial charge in [0.05, 0.1) is 5.69 Å². The molecule has 0 bridgehead atoms. The van der Waals surface area contributed by atoms with Gasteiger partial charge in [0, 0.05) is 23.7 Å².